The fraction of sp³-hybridized carbons (Fsp3) is 0.190. The number of esters is 1. The third-order valence-corrected chi connectivity index (χ3v) is 5.87. The molecule has 9 heteroatoms. The first-order valence-electron chi connectivity index (χ1n) is 9.14. The van der Waals surface area contributed by atoms with Gasteiger partial charge in [0.1, 0.15) is 13.2 Å². The van der Waals surface area contributed by atoms with Crippen molar-refractivity contribution < 1.29 is 19.1 Å². The number of halogens is 1. The summed E-state index contributed by atoms with van der Waals surface area (Å²) in [6.07, 6.45) is 1.97. The van der Waals surface area contributed by atoms with Crippen molar-refractivity contribution in [1.82, 2.24) is 10.2 Å². The van der Waals surface area contributed by atoms with Crippen molar-refractivity contribution in [3.63, 3.8) is 0 Å². The Kier molecular flexibility index (Phi) is 5.69. The summed E-state index contributed by atoms with van der Waals surface area (Å²) in [5, 5.41) is 6.09. The maximum atomic E-state index is 12.8. The lowest BCUT2D eigenvalue weighted by Crippen LogP contribution is -2.49. The fourth-order valence-corrected chi connectivity index (χ4v) is 3.94. The van der Waals surface area contributed by atoms with E-state index in [2.05, 4.69) is 10.6 Å². The molecule has 2 aliphatic rings. The molecule has 154 valence electrons. The summed E-state index contributed by atoms with van der Waals surface area (Å²) in [5.41, 5.74) is 2.10. The van der Waals surface area contributed by atoms with Crippen LogP contribution in [0.2, 0.25) is 5.02 Å². The minimum Gasteiger partial charge on any atom is -0.456 e. The standard InChI is InChI=1S/C21H18ClN3O4S/c1-30-15-8-2-12(3-9-15)19-18-16(11-29-20(18)27)25(21(28)24-19)10-17(26)23-14-6-4-13(22)5-7-14/h2-9,19H,10-11H2,1H3,(H,23,26)(H,24,28)/t19-/m1/s1. The van der Waals surface area contributed by atoms with E-state index < -0.39 is 23.9 Å². The maximum Gasteiger partial charge on any atom is 0.338 e. The molecule has 2 heterocycles. The molecule has 2 aromatic carbocycles. The average molecular weight is 444 g/mol. The first kappa shape index (κ1) is 20.3. The van der Waals surface area contributed by atoms with Crippen LogP contribution < -0.4 is 10.6 Å². The van der Waals surface area contributed by atoms with E-state index in [1.165, 1.54) is 4.90 Å². The number of amides is 3. The Hall–Kier alpha value is -2.97. The van der Waals surface area contributed by atoms with Crippen molar-refractivity contribution in [3.8, 4) is 0 Å². The topological polar surface area (TPSA) is 87.7 Å². The second kappa shape index (κ2) is 8.41. The van der Waals surface area contributed by atoms with Crippen molar-refractivity contribution in [1.29, 1.82) is 0 Å². The number of anilines is 1. The maximum absolute atomic E-state index is 12.8. The molecule has 2 aliphatic heterocycles. The quantitative estimate of drug-likeness (QED) is 0.544. The van der Waals surface area contributed by atoms with Gasteiger partial charge in [0.05, 0.1) is 17.3 Å². The summed E-state index contributed by atoms with van der Waals surface area (Å²) in [4.78, 5) is 40.0. The number of cyclic esters (lactones) is 1. The predicted octanol–water partition coefficient (Wildman–Crippen LogP) is 3.58. The van der Waals surface area contributed by atoms with Crippen LogP contribution in [0.3, 0.4) is 0 Å². The minimum atomic E-state index is -0.617. The van der Waals surface area contributed by atoms with Gasteiger partial charge in [-0.05, 0) is 48.2 Å². The van der Waals surface area contributed by atoms with E-state index in [1.54, 1.807) is 36.0 Å². The van der Waals surface area contributed by atoms with E-state index in [0.29, 0.717) is 22.0 Å². The van der Waals surface area contributed by atoms with E-state index >= 15 is 0 Å². The number of nitrogens with one attached hydrogen (secondary N) is 2. The average Bonchev–Trinajstić information content (AvgIpc) is 3.13. The number of ether oxygens (including phenoxy) is 1. The van der Waals surface area contributed by atoms with Gasteiger partial charge in [-0.15, -0.1) is 11.8 Å². The molecule has 0 spiro atoms. The Morgan fingerprint density at radius 2 is 1.90 bits per heavy atom. The number of urea groups is 1. The highest BCUT2D eigenvalue weighted by atomic mass is 35.5. The van der Waals surface area contributed by atoms with E-state index in [0.717, 1.165) is 10.5 Å². The van der Waals surface area contributed by atoms with Crippen LogP contribution in [-0.2, 0) is 14.3 Å². The Balaban J connectivity index is 1.57. The van der Waals surface area contributed by atoms with Crippen LogP contribution in [0.4, 0.5) is 10.5 Å². The first-order chi connectivity index (χ1) is 14.5. The van der Waals surface area contributed by atoms with Crippen LogP contribution in [0.15, 0.2) is 64.7 Å². The van der Waals surface area contributed by atoms with Gasteiger partial charge in [0.15, 0.2) is 0 Å². The van der Waals surface area contributed by atoms with Gasteiger partial charge in [0.25, 0.3) is 0 Å². The Bertz CT molecular complexity index is 1040. The Morgan fingerprint density at radius 1 is 1.20 bits per heavy atom. The molecule has 0 radical (unpaired) electrons. The molecule has 4 rings (SSSR count). The van der Waals surface area contributed by atoms with Crippen molar-refractivity contribution in [2.45, 2.75) is 10.9 Å². The number of benzene rings is 2. The first-order valence-corrected chi connectivity index (χ1v) is 10.7. The van der Waals surface area contributed by atoms with Gasteiger partial charge in [-0.3, -0.25) is 9.69 Å². The second-order valence-electron chi connectivity index (χ2n) is 6.73. The van der Waals surface area contributed by atoms with E-state index in [1.807, 2.05) is 30.5 Å². The molecule has 0 bridgehead atoms. The number of carbonyl (C=O) groups excluding carboxylic acids is 3. The molecule has 2 N–H and O–H groups in total. The van der Waals surface area contributed by atoms with Crippen LogP contribution >= 0.6 is 23.4 Å². The SMILES string of the molecule is CSc1ccc([C@H]2NC(=O)N(CC(=O)Nc3ccc(Cl)cc3)C3=C2C(=O)OC3)cc1. The monoisotopic (exact) mass is 443 g/mol. The molecule has 30 heavy (non-hydrogen) atoms. The van der Waals surface area contributed by atoms with Gasteiger partial charge in [-0.1, -0.05) is 23.7 Å². The van der Waals surface area contributed by atoms with Crippen molar-refractivity contribution in [3.05, 3.63) is 70.4 Å². The number of thioether (sulfide) groups is 1. The van der Waals surface area contributed by atoms with E-state index in [9.17, 15) is 14.4 Å². The fourth-order valence-electron chi connectivity index (χ4n) is 3.40. The highest BCUT2D eigenvalue weighted by molar-refractivity contribution is 7.98. The molecule has 0 saturated heterocycles. The molecule has 0 saturated carbocycles. The Labute approximate surface area is 182 Å². The van der Waals surface area contributed by atoms with Gasteiger partial charge in [-0.2, -0.15) is 0 Å². The minimum absolute atomic E-state index is 0.0464. The molecular weight excluding hydrogens is 426 g/mol. The van der Waals surface area contributed by atoms with Crippen molar-refractivity contribution >= 4 is 47.0 Å². The summed E-state index contributed by atoms with van der Waals surface area (Å²) >= 11 is 7.45. The second-order valence-corrected chi connectivity index (χ2v) is 8.05. The number of hydrogen-bond acceptors (Lipinski definition) is 5. The van der Waals surface area contributed by atoms with Gasteiger partial charge in [0.2, 0.25) is 5.91 Å². The largest absolute Gasteiger partial charge is 0.456 e. The normalized spacial score (nSPS) is 18.1. The number of nitrogens with zero attached hydrogens (tertiary/aromatic N) is 1. The van der Waals surface area contributed by atoms with E-state index in [-0.39, 0.29) is 13.2 Å². The predicted molar refractivity (Wildman–Crippen MR) is 114 cm³/mol. The highest BCUT2D eigenvalue weighted by Gasteiger charge is 2.42. The third kappa shape index (κ3) is 4.01. The van der Waals surface area contributed by atoms with Gasteiger partial charge >= 0.3 is 12.0 Å². The zero-order valence-corrected chi connectivity index (χ0v) is 17.5. The molecule has 0 unspecified atom stereocenters. The summed E-state index contributed by atoms with van der Waals surface area (Å²) in [6, 6.07) is 13.2. The number of carbonyl (C=O) groups is 3. The van der Waals surface area contributed by atoms with Gasteiger partial charge in [-0.25, -0.2) is 9.59 Å². The van der Waals surface area contributed by atoms with E-state index in [4.69, 9.17) is 16.3 Å². The van der Waals surface area contributed by atoms with Gasteiger partial charge in [0, 0.05) is 15.6 Å². The molecule has 7 nitrogen and oxygen atoms in total. The van der Waals surface area contributed by atoms with Crippen molar-refractivity contribution in [2.24, 2.45) is 0 Å². The zero-order chi connectivity index (χ0) is 21.3. The molecule has 0 aromatic heterocycles. The van der Waals surface area contributed by atoms with Gasteiger partial charge < -0.3 is 15.4 Å². The summed E-state index contributed by atoms with van der Waals surface area (Å²) in [7, 11) is 0. The lowest BCUT2D eigenvalue weighted by atomic mass is 9.96. The highest BCUT2D eigenvalue weighted by Crippen LogP contribution is 2.35. The summed E-state index contributed by atoms with van der Waals surface area (Å²) in [5.74, 6) is -0.895. The van der Waals surface area contributed by atoms with Crippen LogP contribution in [-0.4, -0.2) is 42.2 Å². The third-order valence-electron chi connectivity index (χ3n) is 4.88. The van der Waals surface area contributed by atoms with Crippen LogP contribution in [0, 0.1) is 0 Å². The summed E-state index contributed by atoms with van der Waals surface area (Å²) < 4.78 is 5.19. The van der Waals surface area contributed by atoms with Crippen LogP contribution in [0.1, 0.15) is 11.6 Å². The van der Waals surface area contributed by atoms with Crippen LogP contribution in [0.5, 0.6) is 0 Å². The molecule has 1 atom stereocenters. The molecule has 2 aromatic rings. The lowest BCUT2D eigenvalue weighted by molar-refractivity contribution is -0.136. The molecular formula is C21H18ClN3O4S. The zero-order valence-electron chi connectivity index (χ0n) is 16.0. The Morgan fingerprint density at radius 3 is 2.57 bits per heavy atom. The smallest absolute Gasteiger partial charge is 0.338 e. The molecule has 0 fully saturated rings. The molecule has 3 amide bonds. The van der Waals surface area contributed by atoms with Crippen LogP contribution in [0.25, 0.3) is 0 Å². The van der Waals surface area contributed by atoms with Crippen molar-refractivity contribution in [2.75, 3.05) is 24.7 Å². The molecule has 0 aliphatic carbocycles. The number of rotatable bonds is 5. The summed E-state index contributed by atoms with van der Waals surface area (Å²) in [6.45, 7) is -0.294. The number of hydrogen-bond donors (Lipinski definition) is 2. The lowest BCUT2D eigenvalue weighted by Gasteiger charge is -2.32.